The van der Waals surface area contributed by atoms with Crippen LogP contribution in [-0.2, 0) is 6.54 Å². The highest BCUT2D eigenvalue weighted by Gasteiger charge is 2.08. The Kier molecular flexibility index (Phi) is 4.41. The minimum absolute atomic E-state index is 0.137. The maximum Gasteiger partial charge on any atom is 0.248 e. The number of nitrogens with two attached hydrogens (primary N) is 1. The maximum absolute atomic E-state index is 13.7. The molecule has 0 spiro atoms. The van der Waals surface area contributed by atoms with Crippen molar-refractivity contribution < 1.29 is 9.18 Å². The van der Waals surface area contributed by atoms with Gasteiger partial charge < -0.3 is 11.1 Å². The highest BCUT2D eigenvalue weighted by Crippen LogP contribution is 2.23. The Labute approximate surface area is 125 Å². The lowest BCUT2D eigenvalue weighted by molar-refractivity contribution is 0.1000. The molecular weight excluding hydrogens is 293 g/mol. The molecule has 0 saturated carbocycles. The van der Waals surface area contributed by atoms with E-state index in [2.05, 4.69) is 5.32 Å². The van der Waals surface area contributed by atoms with E-state index in [-0.39, 0.29) is 12.1 Å². The molecule has 0 saturated heterocycles. The molecule has 0 fully saturated rings. The number of anilines is 1. The Balaban J connectivity index is 2.18. The molecule has 0 atom stereocenters. The van der Waals surface area contributed by atoms with Gasteiger partial charge in [0.05, 0.1) is 22.3 Å². The minimum atomic E-state index is -0.618. The average Bonchev–Trinajstić information content (AvgIpc) is 2.47. The largest absolute Gasteiger partial charge is 0.380 e. The molecule has 106 valence electrons. The van der Waals surface area contributed by atoms with E-state index in [1.807, 2.05) is 6.07 Å². The molecular formula is C15H11ClFN3O. The fourth-order valence-electron chi connectivity index (χ4n) is 1.78. The van der Waals surface area contributed by atoms with Gasteiger partial charge in [-0.3, -0.25) is 4.79 Å². The summed E-state index contributed by atoms with van der Waals surface area (Å²) >= 11 is 6.01. The molecule has 6 heteroatoms. The van der Waals surface area contributed by atoms with E-state index >= 15 is 0 Å². The Morgan fingerprint density at radius 3 is 2.71 bits per heavy atom. The molecule has 0 aliphatic heterocycles. The summed E-state index contributed by atoms with van der Waals surface area (Å²) in [6.07, 6.45) is 0. The molecule has 2 aromatic carbocycles. The second kappa shape index (κ2) is 6.25. The number of hydrogen-bond donors (Lipinski definition) is 2. The van der Waals surface area contributed by atoms with Gasteiger partial charge in [-0.1, -0.05) is 11.6 Å². The standard InChI is InChI=1S/C15H11ClFN3O/c16-12-5-9(7-18)1-4-14(12)20-8-11-6-10(15(19)21)2-3-13(11)17/h1-6,20H,8H2,(H2,19,21). The number of primary amides is 1. The van der Waals surface area contributed by atoms with Gasteiger partial charge in [-0.15, -0.1) is 0 Å². The van der Waals surface area contributed by atoms with Crippen LogP contribution in [-0.4, -0.2) is 5.91 Å². The van der Waals surface area contributed by atoms with Gasteiger partial charge in [-0.25, -0.2) is 4.39 Å². The van der Waals surface area contributed by atoms with E-state index < -0.39 is 11.7 Å². The van der Waals surface area contributed by atoms with Gasteiger partial charge in [0.2, 0.25) is 5.91 Å². The molecule has 21 heavy (non-hydrogen) atoms. The number of benzene rings is 2. The van der Waals surface area contributed by atoms with Crippen LogP contribution in [0.25, 0.3) is 0 Å². The third kappa shape index (κ3) is 3.50. The van der Waals surface area contributed by atoms with Gasteiger partial charge in [-0.05, 0) is 36.4 Å². The summed E-state index contributed by atoms with van der Waals surface area (Å²) in [5.41, 5.74) is 6.70. The lowest BCUT2D eigenvalue weighted by atomic mass is 10.1. The molecule has 2 rings (SSSR count). The first-order chi connectivity index (χ1) is 10.0. The molecule has 0 aliphatic rings. The number of hydrogen-bond acceptors (Lipinski definition) is 3. The molecule has 0 radical (unpaired) electrons. The summed E-state index contributed by atoms with van der Waals surface area (Å²) in [7, 11) is 0. The van der Waals surface area contributed by atoms with E-state index in [9.17, 15) is 9.18 Å². The van der Waals surface area contributed by atoms with Gasteiger partial charge in [0.25, 0.3) is 0 Å². The van der Waals surface area contributed by atoms with Gasteiger partial charge in [0.1, 0.15) is 5.82 Å². The Morgan fingerprint density at radius 2 is 2.10 bits per heavy atom. The summed E-state index contributed by atoms with van der Waals surface area (Å²) < 4.78 is 13.7. The number of amides is 1. The predicted molar refractivity (Wildman–Crippen MR) is 78.4 cm³/mol. The zero-order chi connectivity index (χ0) is 15.4. The number of nitrogens with one attached hydrogen (secondary N) is 1. The second-order valence-electron chi connectivity index (χ2n) is 4.33. The smallest absolute Gasteiger partial charge is 0.248 e. The maximum atomic E-state index is 13.7. The Morgan fingerprint density at radius 1 is 1.33 bits per heavy atom. The number of rotatable bonds is 4. The lowest BCUT2D eigenvalue weighted by Gasteiger charge is -2.10. The number of carbonyl (C=O) groups is 1. The SMILES string of the molecule is N#Cc1ccc(NCc2cc(C(N)=O)ccc2F)c(Cl)c1. The monoisotopic (exact) mass is 303 g/mol. The van der Waals surface area contributed by atoms with Crippen molar-refractivity contribution in [3.8, 4) is 6.07 Å². The highest BCUT2D eigenvalue weighted by atomic mass is 35.5. The van der Waals surface area contributed by atoms with Crippen molar-refractivity contribution in [3.63, 3.8) is 0 Å². The van der Waals surface area contributed by atoms with E-state index in [0.29, 0.717) is 21.8 Å². The molecule has 0 heterocycles. The van der Waals surface area contributed by atoms with Gasteiger partial charge in [0.15, 0.2) is 0 Å². The van der Waals surface area contributed by atoms with Crippen molar-refractivity contribution >= 4 is 23.2 Å². The number of nitrogens with zero attached hydrogens (tertiary/aromatic N) is 1. The van der Waals surface area contributed by atoms with Gasteiger partial charge >= 0.3 is 0 Å². The first kappa shape index (κ1) is 14.8. The van der Waals surface area contributed by atoms with Crippen LogP contribution < -0.4 is 11.1 Å². The summed E-state index contributed by atoms with van der Waals surface area (Å²) in [4.78, 5) is 11.1. The summed E-state index contributed by atoms with van der Waals surface area (Å²) in [6, 6.07) is 10.6. The molecule has 3 N–H and O–H groups in total. The van der Waals surface area contributed by atoms with Crippen LogP contribution in [0.1, 0.15) is 21.5 Å². The zero-order valence-electron chi connectivity index (χ0n) is 10.9. The molecule has 0 aromatic heterocycles. The second-order valence-corrected chi connectivity index (χ2v) is 4.74. The summed E-state index contributed by atoms with van der Waals surface area (Å²) in [5, 5.41) is 12.1. The van der Waals surface area contributed by atoms with E-state index in [4.69, 9.17) is 22.6 Å². The van der Waals surface area contributed by atoms with Crippen molar-refractivity contribution in [1.82, 2.24) is 0 Å². The average molecular weight is 304 g/mol. The van der Waals surface area contributed by atoms with Gasteiger partial charge in [0, 0.05) is 17.7 Å². The van der Waals surface area contributed by atoms with E-state index in [0.717, 1.165) is 0 Å². The number of carbonyl (C=O) groups excluding carboxylic acids is 1. The van der Waals surface area contributed by atoms with Crippen LogP contribution >= 0.6 is 11.6 Å². The van der Waals surface area contributed by atoms with Crippen molar-refractivity contribution in [2.75, 3.05) is 5.32 Å². The van der Waals surface area contributed by atoms with Crippen molar-refractivity contribution in [3.05, 3.63) is 63.9 Å². The fraction of sp³-hybridized carbons (Fsp3) is 0.0667. The molecule has 0 unspecified atom stereocenters. The lowest BCUT2D eigenvalue weighted by Crippen LogP contribution is -2.12. The minimum Gasteiger partial charge on any atom is -0.380 e. The third-order valence-electron chi connectivity index (χ3n) is 2.90. The fourth-order valence-corrected chi connectivity index (χ4v) is 2.03. The topological polar surface area (TPSA) is 78.9 Å². The van der Waals surface area contributed by atoms with Crippen LogP contribution in [0.4, 0.5) is 10.1 Å². The number of halogens is 2. The normalized spacial score (nSPS) is 9.95. The van der Waals surface area contributed by atoms with Crippen molar-refractivity contribution in [2.24, 2.45) is 5.73 Å². The molecule has 0 bridgehead atoms. The van der Waals surface area contributed by atoms with Crippen molar-refractivity contribution in [2.45, 2.75) is 6.54 Å². The first-order valence-corrected chi connectivity index (χ1v) is 6.41. The van der Waals surface area contributed by atoms with E-state index in [1.165, 1.54) is 24.3 Å². The van der Waals surface area contributed by atoms with Gasteiger partial charge in [-0.2, -0.15) is 5.26 Å². The quantitative estimate of drug-likeness (QED) is 0.911. The molecule has 1 amide bonds. The first-order valence-electron chi connectivity index (χ1n) is 6.03. The highest BCUT2D eigenvalue weighted by molar-refractivity contribution is 6.33. The number of nitriles is 1. The van der Waals surface area contributed by atoms with Crippen LogP contribution in [0.2, 0.25) is 5.02 Å². The van der Waals surface area contributed by atoms with E-state index in [1.54, 1.807) is 12.1 Å². The Hall–Kier alpha value is -2.58. The summed E-state index contributed by atoms with van der Waals surface area (Å²) in [5.74, 6) is -1.06. The third-order valence-corrected chi connectivity index (χ3v) is 3.21. The van der Waals surface area contributed by atoms with Crippen LogP contribution in [0.15, 0.2) is 36.4 Å². The van der Waals surface area contributed by atoms with Crippen LogP contribution in [0, 0.1) is 17.1 Å². The summed E-state index contributed by atoms with van der Waals surface area (Å²) in [6.45, 7) is 0.137. The Bertz CT molecular complexity index is 740. The molecule has 4 nitrogen and oxygen atoms in total. The molecule has 0 aliphatic carbocycles. The molecule has 2 aromatic rings. The van der Waals surface area contributed by atoms with Crippen molar-refractivity contribution in [1.29, 1.82) is 5.26 Å². The van der Waals surface area contributed by atoms with Crippen LogP contribution in [0.3, 0.4) is 0 Å². The zero-order valence-corrected chi connectivity index (χ0v) is 11.6. The van der Waals surface area contributed by atoms with Crippen LogP contribution in [0.5, 0.6) is 0 Å². The predicted octanol–water partition coefficient (Wildman–Crippen LogP) is 3.06.